The number of hydrogen-bond acceptors (Lipinski definition) is 5. The zero-order valence-electron chi connectivity index (χ0n) is 15.2. The minimum Gasteiger partial charge on any atom is -0.465 e. The van der Waals surface area contributed by atoms with Crippen LogP contribution < -0.4 is 5.73 Å². The van der Waals surface area contributed by atoms with Gasteiger partial charge in [-0.25, -0.2) is 23.7 Å². The first kappa shape index (κ1) is 17.2. The Labute approximate surface area is 163 Å². The lowest BCUT2D eigenvalue weighted by Gasteiger charge is -2.26. The minimum atomic E-state index is -0.988. The molecule has 3 aromatic heterocycles. The van der Waals surface area contributed by atoms with Crippen LogP contribution in [0.5, 0.6) is 0 Å². The second-order valence-electron chi connectivity index (χ2n) is 6.78. The lowest BCUT2D eigenvalue weighted by atomic mass is 10.1. The number of aromatic nitrogens is 5. The molecule has 1 aliphatic rings. The van der Waals surface area contributed by atoms with Crippen LogP contribution in [0.25, 0.3) is 28.3 Å². The van der Waals surface area contributed by atoms with Gasteiger partial charge in [-0.05, 0) is 36.4 Å². The van der Waals surface area contributed by atoms with Gasteiger partial charge in [0, 0.05) is 18.7 Å². The van der Waals surface area contributed by atoms with Gasteiger partial charge < -0.3 is 15.4 Å². The maximum Gasteiger partial charge on any atom is 0.407 e. The molecule has 9 nitrogen and oxygen atoms in total. The number of amides is 1. The Bertz CT molecular complexity index is 1250. The Hall–Kier alpha value is -3.95. The van der Waals surface area contributed by atoms with E-state index in [1.54, 1.807) is 28.9 Å². The van der Waals surface area contributed by atoms with E-state index in [-0.39, 0.29) is 12.4 Å². The van der Waals surface area contributed by atoms with Crippen LogP contribution >= 0.6 is 0 Å². The van der Waals surface area contributed by atoms with Crippen LogP contribution in [0.15, 0.2) is 42.6 Å². The maximum absolute atomic E-state index is 13.4. The molecule has 1 aromatic carbocycles. The number of nitrogen functional groups attached to an aromatic ring is 1. The summed E-state index contributed by atoms with van der Waals surface area (Å²) in [4.78, 5) is 21.6. The Morgan fingerprint density at radius 1 is 1.10 bits per heavy atom. The third-order valence-electron chi connectivity index (χ3n) is 4.94. The molecule has 0 fully saturated rings. The second kappa shape index (κ2) is 6.30. The maximum atomic E-state index is 13.4. The highest BCUT2D eigenvalue weighted by atomic mass is 19.1. The molecule has 0 atom stereocenters. The molecule has 0 unspecified atom stereocenters. The predicted octanol–water partition coefficient (Wildman–Crippen LogP) is 2.47. The van der Waals surface area contributed by atoms with Crippen molar-refractivity contribution in [2.75, 3.05) is 12.3 Å². The number of hydrogen-bond donors (Lipinski definition) is 2. The van der Waals surface area contributed by atoms with E-state index in [1.165, 1.54) is 17.0 Å². The van der Waals surface area contributed by atoms with Crippen LogP contribution in [-0.2, 0) is 13.1 Å². The fourth-order valence-electron chi connectivity index (χ4n) is 3.59. The molecule has 29 heavy (non-hydrogen) atoms. The highest BCUT2D eigenvalue weighted by Crippen LogP contribution is 2.34. The fourth-order valence-corrected chi connectivity index (χ4v) is 3.59. The van der Waals surface area contributed by atoms with E-state index in [2.05, 4.69) is 10.1 Å². The quantitative estimate of drug-likeness (QED) is 0.541. The zero-order chi connectivity index (χ0) is 20.1. The third kappa shape index (κ3) is 2.85. The van der Waals surface area contributed by atoms with Gasteiger partial charge in [-0.1, -0.05) is 0 Å². The Morgan fingerprint density at radius 3 is 2.66 bits per heavy atom. The van der Waals surface area contributed by atoms with Crippen molar-refractivity contribution in [3.05, 3.63) is 54.2 Å². The highest BCUT2D eigenvalue weighted by Gasteiger charge is 2.28. The molecule has 10 heteroatoms. The van der Waals surface area contributed by atoms with E-state index in [1.807, 2.05) is 10.6 Å². The van der Waals surface area contributed by atoms with Gasteiger partial charge in [0.15, 0.2) is 5.65 Å². The minimum absolute atomic E-state index is 0.170. The number of nitrogens with two attached hydrogens (primary N) is 1. The topological polar surface area (TPSA) is 115 Å². The molecule has 3 N–H and O–H groups in total. The summed E-state index contributed by atoms with van der Waals surface area (Å²) in [6.07, 6.45) is 0.633. The van der Waals surface area contributed by atoms with E-state index in [4.69, 9.17) is 10.7 Å². The number of benzene rings is 1. The fraction of sp³-hybridized carbons (Fsp3) is 0.158. The number of nitrogens with zero attached hydrogens (tertiary/aromatic N) is 6. The van der Waals surface area contributed by atoms with E-state index in [9.17, 15) is 14.3 Å². The normalized spacial score (nSPS) is 13.6. The summed E-state index contributed by atoms with van der Waals surface area (Å²) in [5.74, 6) is 0.630. The van der Waals surface area contributed by atoms with Crippen molar-refractivity contribution in [1.29, 1.82) is 0 Å². The van der Waals surface area contributed by atoms with Crippen LogP contribution in [0.2, 0.25) is 0 Å². The van der Waals surface area contributed by atoms with Crippen LogP contribution in [0, 0.1) is 5.82 Å². The number of anilines is 1. The molecule has 1 aliphatic heterocycles. The molecule has 0 bridgehead atoms. The summed E-state index contributed by atoms with van der Waals surface area (Å²) in [7, 11) is 0. The molecule has 0 aliphatic carbocycles. The summed E-state index contributed by atoms with van der Waals surface area (Å²) in [6.45, 7) is 0.954. The lowest BCUT2D eigenvalue weighted by molar-refractivity contribution is 0.132. The summed E-state index contributed by atoms with van der Waals surface area (Å²) in [5.41, 5.74) is 9.09. The van der Waals surface area contributed by atoms with Gasteiger partial charge in [0.05, 0.1) is 24.1 Å². The first-order chi connectivity index (χ1) is 14.0. The van der Waals surface area contributed by atoms with Gasteiger partial charge in [-0.3, -0.25) is 4.90 Å². The molecular weight excluding hydrogens is 377 g/mol. The van der Waals surface area contributed by atoms with Crippen molar-refractivity contribution in [3.8, 4) is 22.6 Å². The molecule has 0 saturated heterocycles. The Balaban J connectivity index is 1.71. The Kier molecular flexibility index (Phi) is 3.73. The van der Waals surface area contributed by atoms with Crippen molar-refractivity contribution >= 4 is 17.6 Å². The largest absolute Gasteiger partial charge is 0.465 e. The van der Waals surface area contributed by atoms with Crippen LogP contribution in [0.4, 0.5) is 15.0 Å². The monoisotopic (exact) mass is 393 g/mol. The first-order valence-corrected chi connectivity index (χ1v) is 8.95. The first-order valence-electron chi connectivity index (χ1n) is 8.95. The molecule has 4 aromatic rings. The number of rotatable bonds is 2. The summed E-state index contributed by atoms with van der Waals surface area (Å²) in [6, 6.07) is 9.66. The van der Waals surface area contributed by atoms with Gasteiger partial charge in [-0.2, -0.15) is 5.10 Å². The van der Waals surface area contributed by atoms with Crippen molar-refractivity contribution in [3.63, 3.8) is 0 Å². The van der Waals surface area contributed by atoms with E-state index in [0.717, 1.165) is 11.3 Å². The van der Waals surface area contributed by atoms with E-state index < -0.39 is 6.09 Å². The van der Waals surface area contributed by atoms with Gasteiger partial charge >= 0.3 is 6.09 Å². The molecule has 0 radical (unpaired) electrons. The SMILES string of the molecule is Nc1cn2nc(-c3c(-c4ccc(F)cc4)nc4n3CCN(C(=O)O)C4)ccc2n1. The van der Waals surface area contributed by atoms with E-state index >= 15 is 0 Å². The van der Waals surface area contributed by atoms with Crippen molar-refractivity contribution in [2.24, 2.45) is 0 Å². The number of carboxylic acid groups (broad SMARTS) is 1. The molecular formula is C19H16FN7O2. The molecule has 4 heterocycles. The van der Waals surface area contributed by atoms with E-state index in [0.29, 0.717) is 41.8 Å². The number of fused-ring (bicyclic) bond motifs is 2. The van der Waals surface area contributed by atoms with Crippen molar-refractivity contribution in [2.45, 2.75) is 13.1 Å². The third-order valence-corrected chi connectivity index (χ3v) is 4.94. The van der Waals surface area contributed by atoms with Crippen LogP contribution in [0.1, 0.15) is 5.82 Å². The summed E-state index contributed by atoms with van der Waals surface area (Å²) in [5, 5.41) is 14.0. The number of imidazole rings is 2. The molecule has 0 spiro atoms. The lowest BCUT2D eigenvalue weighted by Crippen LogP contribution is -2.37. The van der Waals surface area contributed by atoms with Gasteiger partial charge in [0.25, 0.3) is 0 Å². The molecule has 0 saturated carbocycles. The van der Waals surface area contributed by atoms with Gasteiger partial charge in [0.2, 0.25) is 0 Å². The number of halogens is 1. The molecule has 1 amide bonds. The Morgan fingerprint density at radius 2 is 1.90 bits per heavy atom. The van der Waals surface area contributed by atoms with Gasteiger partial charge in [-0.15, -0.1) is 0 Å². The van der Waals surface area contributed by atoms with Crippen LogP contribution in [0.3, 0.4) is 0 Å². The molecule has 5 rings (SSSR count). The standard InChI is InChI=1S/C19H16FN7O2/c20-12-3-1-11(2-4-12)17-18(13-5-6-15-22-14(21)9-27(15)24-13)26-8-7-25(19(28)29)10-16(26)23-17/h1-6,9H,7-8,10,21H2,(H,28,29). The van der Waals surface area contributed by atoms with Crippen LogP contribution in [-0.4, -0.2) is 46.8 Å². The second-order valence-corrected chi connectivity index (χ2v) is 6.78. The average Bonchev–Trinajstić information content (AvgIpc) is 3.26. The summed E-state index contributed by atoms with van der Waals surface area (Å²) >= 11 is 0. The number of carbonyl (C=O) groups is 1. The smallest absolute Gasteiger partial charge is 0.407 e. The summed E-state index contributed by atoms with van der Waals surface area (Å²) < 4.78 is 17.0. The average molecular weight is 393 g/mol. The van der Waals surface area contributed by atoms with Crippen molar-refractivity contribution < 1.29 is 14.3 Å². The highest BCUT2D eigenvalue weighted by molar-refractivity contribution is 5.78. The predicted molar refractivity (Wildman–Crippen MR) is 102 cm³/mol. The van der Waals surface area contributed by atoms with Crippen molar-refractivity contribution in [1.82, 2.24) is 29.0 Å². The zero-order valence-corrected chi connectivity index (χ0v) is 15.2. The molecule has 146 valence electrons. The van der Waals surface area contributed by atoms with Gasteiger partial charge in [0.1, 0.15) is 23.2 Å².